The number of sulfone groups is 1. The van der Waals surface area contributed by atoms with Crippen LogP contribution in [0.1, 0.15) is 5.56 Å². The van der Waals surface area contributed by atoms with Crippen molar-refractivity contribution in [3.05, 3.63) is 54.1 Å². The largest absolute Gasteiger partial charge is 0.573 e. The van der Waals surface area contributed by atoms with Crippen molar-refractivity contribution in [2.45, 2.75) is 29.8 Å². The molecule has 0 saturated carbocycles. The first-order chi connectivity index (χ1) is 13.0. The van der Waals surface area contributed by atoms with Gasteiger partial charge in [0.25, 0.3) is 0 Å². The summed E-state index contributed by atoms with van der Waals surface area (Å²) >= 11 is 0. The first-order valence-corrected chi connectivity index (χ1v) is 9.48. The molecule has 150 valence electrons. The Morgan fingerprint density at radius 1 is 1.07 bits per heavy atom. The first kappa shape index (κ1) is 20.0. The number of anilines is 1. The summed E-state index contributed by atoms with van der Waals surface area (Å²) < 4.78 is 65.9. The van der Waals surface area contributed by atoms with Crippen molar-refractivity contribution in [1.29, 1.82) is 0 Å². The van der Waals surface area contributed by atoms with E-state index in [9.17, 15) is 31.5 Å². The number of nitrogens with one attached hydrogen (secondary N) is 1. The number of carbonyl (C=O) groups excluding carboxylic acids is 1. The van der Waals surface area contributed by atoms with Crippen LogP contribution in [0.4, 0.5) is 23.7 Å². The summed E-state index contributed by atoms with van der Waals surface area (Å²) in [7, 11) is -4.11. The normalized spacial score (nSPS) is 20.2. The van der Waals surface area contributed by atoms with Gasteiger partial charge in [0.1, 0.15) is 5.75 Å². The molecule has 1 saturated heterocycles. The number of carbonyl (C=O) groups is 1. The minimum absolute atomic E-state index is 0.00105. The maximum atomic E-state index is 12.7. The average molecular weight is 416 g/mol. The summed E-state index contributed by atoms with van der Waals surface area (Å²) in [4.78, 5) is 12.9. The van der Waals surface area contributed by atoms with Gasteiger partial charge in [-0.2, -0.15) is 0 Å². The molecule has 0 radical (unpaired) electrons. The minimum Gasteiger partial charge on any atom is -0.406 e. The zero-order chi connectivity index (χ0) is 20.7. The topological polar surface area (TPSA) is 95.9 Å². The Bertz CT molecular complexity index is 975. The highest BCUT2D eigenvalue weighted by Gasteiger charge is 2.47. The van der Waals surface area contributed by atoms with E-state index in [1.54, 1.807) is 19.1 Å². The molecule has 3 rings (SSSR count). The summed E-state index contributed by atoms with van der Waals surface area (Å²) in [5, 5.41) is 11.0. The number of rotatable bonds is 4. The number of amides is 2. The highest BCUT2D eigenvalue weighted by atomic mass is 32.2. The van der Waals surface area contributed by atoms with E-state index in [-0.39, 0.29) is 10.6 Å². The minimum atomic E-state index is -4.88. The van der Waals surface area contributed by atoms with E-state index in [2.05, 4.69) is 10.1 Å². The third-order valence-corrected chi connectivity index (χ3v) is 6.01. The maximum absolute atomic E-state index is 12.7. The van der Waals surface area contributed by atoms with Crippen molar-refractivity contribution in [3.8, 4) is 5.75 Å². The Kier molecular flexibility index (Phi) is 4.98. The third-order valence-electron chi connectivity index (χ3n) is 4.05. The number of aryl methyl sites for hydroxylation is 1. The zero-order valence-corrected chi connectivity index (χ0v) is 15.2. The van der Waals surface area contributed by atoms with Crippen LogP contribution in [-0.4, -0.2) is 37.5 Å². The number of urea groups is 1. The highest BCUT2D eigenvalue weighted by Crippen LogP contribution is 2.30. The SMILES string of the molecule is Cc1ccc(S(=O)(=O)C2NC(=O)N(c3ccc(OC(F)(F)F)cc3)C2O)cc1. The Morgan fingerprint density at radius 3 is 2.18 bits per heavy atom. The van der Waals surface area contributed by atoms with Crippen LogP contribution in [0, 0.1) is 6.92 Å². The Balaban J connectivity index is 1.85. The van der Waals surface area contributed by atoms with Gasteiger partial charge in [0.2, 0.25) is 9.84 Å². The van der Waals surface area contributed by atoms with Crippen LogP contribution in [0.15, 0.2) is 53.4 Å². The quantitative estimate of drug-likeness (QED) is 0.799. The van der Waals surface area contributed by atoms with E-state index in [1.807, 2.05) is 0 Å². The second-order valence-corrected chi connectivity index (χ2v) is 8.12. The van der Waals surface area contributed by atoms with Crippen molar-refractivity contribution in [3.63, 3.8) is 0 Å². The van der Waals surface area contributed by atoms with Gasteiger partial charge in [0.05, 0.1) is 4.90 Å². The molecule has 2 aromatic rings. The number of hydrogen-bond donors (Lipinski definition) is 2. The standard InChI is InChI=1S/C17H15F3N2O5S/c1-10-2-8-13(9-3-10)28(25,26)14-15(23)22(16(24)21-14)11-4-6-12(7-5-11)27-17(18,19)20/h2-9,14-15,23H,1H3,(H,21,24). The molecule has 2 unspecified atom stereocenters. The summed E-state index contributed by atoms with van der Waals surface area (Å²) in [5.74, 6) is -0.519. The molecule has 28 heavy (non-hydrogen) atoms. The van der Waals surface area contributed by atoms with Crippen LogP contribution in [0.5, 0.6) is 5.75 Å². The van der Waals surface area contributed by atoms with E-state index >= 15 is 0 Å². The first-order valence-electron chi connectivity index (χ1n) is 7.93. The average Bonchev–Trinajstić information content (AvgIpc) is 2.90. The molecule has 0 spiro atoms. The van der Waals surface area contributed by atoms with Gasteiger partial charge >= 0.3 is 12.4 Å². The lowest BCUT2D eigenvalue weighted by molar-refractivity contribution is -0.274. The molecule has 1 fully saturated rings. The second-order valence-electron chi connectivity index (χ2n) is 6.05. The van der Waals surface area contributed by atoms with Gasteiger partial charge in [-0.15, -0.1) is 13.2 Å². The van der Waals surface area contributed by atoms with Gasteiger partial charge in [-0.3, -0.25) is 4.90 Å². The van der Waals surface area contributed by atoms with Crippen LogP contribution < -0.4 is 15.0 Å². The van der Waals surface area contributed by atoms with Gasteiger partial charge in [-0.1, -0.05) is 17.7 Å². The molecule has 0 aromatic heterocycles. The predicted molar refractivity (Wildman–Crippen MR) is 92.3 cm³/mol. The predicted octanol–water partition coefficient (Wildman–Crippen LogP) is 2.54. The fourth-order valence-electron chi connectivity index (χ4n) is 2.71. The van der Waals surface area contributed by atoms with Gasteiger partial charge in [-0.25, -0.2) is 13.2 Å². The molecule has 1 aliphatic rings. The van der Waals surface area contributed by atoms with Crippen LogP contribution in [0.2, 0.25) is 0 Å². The Labute approximate surface area is 158 Å². The lowest BCUT2D eigenvalue weighted by Gasteiger charge is -2.22. The van der Waals surface area contributed by atoms with Crippen LogP contribution in [0.3, 0.4) is 0 Å². The van der Waals surface area contributed by atoms with Crippen LogP contribution >= 0.6 is 0 Å². The van der Waals surface area contributed by atoms with Gasteiger partial charge in [0, 0.05) is 5.69 Å². The van der Waals surface area contributed by atoms with E-state index in [4.69, 9.17) is 0 Å². The van der Waals surface area contributed by atoms with E-state index in [0.29, 0.717) is 0 Å². The van der Waals surface area contributed by atoms with Crippen molar-refractivity contribution in [2.75, 3.05) is 4.90 Å². The van der Waals surface area contributed by atoms with Crippen molar-refractivity contribution in [2.24, 2.45) is 0 Å². The monoisotopic (exact) mass is 416 g/mol. The summed E-state index contributed by atoms with van der Waals surface area (Å²) in [6.07, 6.45) is -6.66. The van der Waals surface area contributed by atoms with Crippen molar-refractivity contribution < 1.29 is 36.2 Å². The number of nitrogens with zero attached hydrogens (tertiary/aromatic N) is 1. The molecule has 2 amide bonds. The van der Waals surface area contributed by atoms with Crippen LogP contribution in [0.25, 0.3) is 0 Å². The third kappa shape index (κ3) is 3.90. The number of aliphatic hydroxyl groups excluding tert-OH is 1. The van der Waals surface area contributed by atoms with Gasteiger partial charge < -0.3 is 15.2 Å². The van der Waals surface area contributed by atoms with E-state index in [0.717, 1.165) is 34.7 Å². The molecular weight excluding hydrogens is 401 g/mol. The molecule has 2 N–H and O–H groups in total. The summed E-state index contributed by atoms with van der Waals surface area (Å²) in [6, 6.07) is 9.06. The molecule has 2 atom stereocenters. The highest BCUT2D eigenvalue weighted by molar-refractivity contribution is 7.92. The van der Waals surface area contributed by atoms with E-state index < -0.39 is 39.6 Å². The number of alkyl halides is 3. The smallest absolute Gasteiger partial charge is 0.406 e. The molecular formula is C17H15F3N2O5S. The van der Waals surface area contributed by atoms with Gasteiger partial charge in [-0.05, 0) is 43.3 Å². The lowest BCUT2D eigenvalue weighted by Crippen LogP contribution is -2.41. The van der Waals surface area contributed by atoms with E-state index in [1.165, 1.54) is 12.1 Å². The fourth-order valence-corrected chi connectivity index (χ4v) is 4.22. The number of halogens is 3. The van der Waals surface area contributed by atoms with Crippen LogP contribution in [-0.2, 0) is 9.84 Å². The van der Waals surface area contributed by atoms with Gasteiger partial charge in [0.15, 0.2) is 11.6 Å². The summed E-state index contributed by atoms with van der Waals surface area (Å²) in [6.45, 7) is 1.77. The number of ether oxygens (including phenoxy) is 1. The molecule has 1 heterocycles. The maximum Gasteiger partial charge on any atom is 0.573 e. The van der Waals surface area contributed by atoms with Crippen molar-refractivity contribution >= 4 is 21.6 Å². The molecule has 0 bridgehead atoms. The number of hydrogen-bond acceptors (Lipinski definition) is 5. The number of aliphatic hydroxyl groups is 1. The molecule has 0 aliphatic carbocycles. The molecule has 11 heteroatoms. The van der Waals surface area contributed by atoms with Crippen molar-refractivity contribution in [1.82, 2.24) is 5.32 Å². The summed E-state index contributed by atoms with van der Waals surface area (Å²) in [5.41, 5.74) is 0.832. The molecule has 1 aliphatic heterocycles. The molecule has 7 nitrogen and oxygen atoms in total. The zero-order valence-electron chi connectivity index (χ0n) is 14.3. The Morgan fingerprint density at radius 2 is 1.64 bits per heavy atom. The molecule has 2 aromatic carbocycles. The number of benzene rings is 2. The Hall–Kier alpha value is -2.79. The lowest BCUT2D eigenvalue weighted by atomic mass is 10.2. The second kappa shape index (κ2) is 6.99. The fraction of sp³-hybridized carbons (Fsp3) is 0.235.